The summed E-state index contributed by atoms with van der Waals surface area (Å²) in [6.45, 7) is 8.60. The average molecular weight is 247 g/mol. The van der Waals surface area contributed by atoms with Gasteiger partial charge >= 0.3 is 0 Å². The van der Waals surface area contributed by atoms with Gasteiger partial charge in [0.15, 0.2) is 0 Å². The summed E-state index contributed by atoms with van der Waals surface area (Å²) in [5.41, 5.74) is 8.35. The van der Waals surface area contributed by atoms with Crippen molar-refractivity contribution in [2.75, 3.05) is 18.0 Å². The maximum absolute atomic E-state index is 5.83. The SMILES string of the molecule is CCN(CC1CC1)c1ncc(CC(C)N)cc1C. The molecular formula is C15H25N3. The largest absolute Gasteiger partial charge is 0.356 e. The zero-order valence-electron chi connectivity index (χ0n) is 11.8. The standard InChI is InChI=1S/C15H25N3/c1-4-18(10-13-5-6-13)15-11(2)7-14(9-17-15)8-12(3)16/h7,9,12-13H,4-6,8,10,16H2,1-3H3. The second-order valence-electron chi connectivity index (χ2n) is 5.65. The summed E-state index contributed by atoms with van der Waals surface area (Å²) in [5, 5.41) is 0. The van der Waals surface area contributed by atoms with Crippen molar-refractivity contribution in [3.05, 3.63) is 23.4 Å². The van der Waals surface area contributed by atoms with Crippen LogP contribution < -0.4 is 10.6 Å². The molecule has 0 spiro atoms. The molecule has 0 bridgehead atoms. The minimum atomic E-state index is 0.200. The van der Waals surface area contributed by atoms with Crippen molar-refractivity contribution in [1.29, 1.82) is 0 Å². The van der Waals surface area contributed by atoms with E-state index >= 15 is 0 Å². The third-order valence-electron chi connectivity index (χ3n) is 3.52. The summed E-state index contributed by atoms with van der Waals surface area (Å²) in [6, 6.07) is 2.44. The minimum Gasteiger partial charge on any atom is -0.356 e. The van der Waals surface area contributed by atoms with E-state index in [1.807, 2.05) is 13.1 Å². The molecule has 1 atom stereocenters. The Bertz CT molecular complexity index is 397. The summed E-state index contributed by atoms with van der Waals surface area (Å²) in [7, 11) is 0. The fourth-order valence-electron chi connectivity index (χ4n) is 2.42. The molecule has 1 fully saturated rings. The van der Waals surface area contributed by atoms with Crippen molar-refractivity contribution < 1.29 is 0 Å². The quantitative estimate of drug-likeness (QED) is 0.840. The first kappa shape index (κ1) is 13.3. The van der Waals surface area contributed by atoms with E-state index in [2.05, 4.69) is 29.8 Å². The second kappa shape index (κ2) is 5.70. The molecule has 1 unspecified atom stereocenters. The predicted molar refractivity (Wildman–Crippen MR) is 76.9 cm³/mol. The number of aryl methyl sites for hydroxylation is 1. The molecule has 18 heavy (non-hydrogen) atoms. The fraction of sp³-hybridized carbons (Fsp3) is 0.667. The lowest BCUT2D eigenvalue weighted by molar-refractivity contribution is 0.720. The molecule has 1 aliphatic rings. The van der Waals surface area contributed by atoms with Crippen LogP contribution in [0.15, 0.2) is 12.3 Å². The Kier molecular flexibility index (Phi) is 4.23. The van der Waals surface area contributed by atoms with E-state index in [0.29, 0.717) is 0 Å². The van der Waals surface area contributed by atoms with Gasteiger partial charge in [0.1, 0.15) is 5.82 Å². The Labute approximate surface area is 110 Å². The van der Waals surface area contributed by atoms with E-state index in [0.717, 1.165) is 31.2 Å². The number of aromatic nitrogens is 1. The van der Waals surface area contributed by atoms with Gasteiger partial charge in [0, 0.05) is 25.3 Å². The first-order chi connectivity index (χ1) is 8.60. The van der Waals surface area contributed by atoms with Gasteiger partial charge in [-0.05, 0) is 57.1 Å². The van der Waals surface area contributed by atoms with Crippen LogP contribution in [0, 0.1) is 12.8 Å². The van der Waals surface area contributed by atoms with Gasteiger partial charge in [-0.15, -0.1) is 0 Å². The molecule has 0 amide bonds. The first-order valence-corrected chi connectivity index (χ1v) is 7.06. The minimum absolute atomic E-state index is 0.200. The Morgan fingerprint density at radius 2 is 2.22 bits per heavy atom. The average Bonchev–Trinajstić information content (AvgIpc) is 3.10. The normalized spacial score (nSPS) is 16.7. The summed E-state index contributed by atoms with van der Waals surface area (Å²) >= 11 is 0. The van der Waals surface area contributed by atoms with E-state index in [1.165, 1.54) is 24.0 Å². The van der Waals surface area contributed by atoms with Gasteiger partial charge in [-0.2, -0.15) is 0 Å². The predicted octanol–water partition coefficient (Wildman–Crippen LogP) is 2.52. The Hall–Kier alpha value is -1.09. The molecule has 2 rings (SSSR count). The Morgan fingerprint density at radius 1 is 1.50 bits per heavy atom. The lowest BCUT2D eigenvalue weighted by atomic mass is 10.1. The maximum atomic E-state index is 5.83. The highest BCUT2D eigenvalue weighted by atomic mass is 15.2. The monoisotopic (exact) mass is 247 g/mol. The molecule has 2 N–H and O–H groups in total. The van der Waals surface area contributed by atoms with Crippen LogP contribution in [-0.4, -0.2) is 24.1 Å². The van der Waals surface area contributed by atoms with Crippen LogP contribution in [0.25, 0.3) is 0 Å². The van der Waals surface area contributed by atoms with Crippen LogP contribution in [0.1, 0.15) is 37.8 Å². The smallest absolute Gasteiger partial charge is 0.131 e. The van der Waals surface area contributed by atoms with Crippen LogP contribution in [0.3, 0.4) is 0 Å². The molecular weight excluding hydrogens is 222 g/mol. The van der Waals surface area contributed by atoms with Crippen molar-refractivity contribution in [3.63, 3.8) is 0 Å². The zero-order chi connectivity index (χ0) is 13.1. The highest BCUT2D eigenvalue weighted by molar-refractivity contribution is 5.47. The van der Waals surface area contributed by atoms with E-state index in [-0.39, 0.29) is 6.04 Å². The van der Waals surface area contributed by atoms with Crippen molar-refractivity contribution in [2.24, 2.45) is 11.7 Å². The first-order valence-electron chi connectivity index (χ1n) is 7.06. The van der Waals surface area contributed by atoms with Crippen molar-refractivity contribution in [3.8, 4) is 0 Å². The molecule has 3 nitrogen and oxygen atoms in total. The number of pyridine rings is 1. The second-order valence-corrected chi connectivity index (χ2v) is 5.65. The van der Waals surface area contributed by atoms with E-state index in [9.17, 15) is 0 Å². The van der Waals surface area contributed by atoms with Gasteiger partial charge < -0.3 is 10.6 Å². The van der Waals surface area contributed by atoms with Crippen LogP contribution >= 0.6 is 0 Å². The van der Waals surface area contributed by atoms with Crippen molar-refractivity contribution >= 4 is 5.82 Å². The Morgan fingerprint density at radius 3 is 2.72 bits per heavy atom. The zero-order valence-corrected chi connectivity index (χ0v) is 11.8. The molecule has 3 heteroatoms. The molecule has 0 saturated heterocycles. The van der Waals surface area contributed by atoms with Crippen LogP contribution in [0.2, 0.25) is 0 Å². The van der Waals surface area contributed by atoms with Crippen molar-refractivity contribution in [1.82, 2.24) is 4.98 Å². The number of hydrogen-bond acceptors (Lipinski definition) is 3. The molecule has 1 aromatic heterocycles. The number of anilines is 1. The lowest BCUT2D eigenvalue weighted by Crippen LogP contribution is -2.27. The molecule has 1 aromatic rings. The number of hydrogen-bond donors (Lipinski definition) is 1. The molecule has 1 heterocycles. The van der Waals surface area contributed by atoms with E-state index in [4.69, 9.17) is 5.73 Å². The lowest BCUT2D eigenvalue weighted by Gasteiger charge is -2.24. The van der Waals surface area contributed by atoms with Gasteiger partial charge in [0.25, 0.3) is 0 Å². The van der Waals surface area contributed by atoms with Gasteiger partial charge in [0.2, 0.25) is 0 Å². The maximum Gasteiger partial charge on any atom is 0.131 e. The van der Waals surface area contributed by atoms with Gasteiger partial charge in [0.05, 0.1) is 0 Å². The summed E-state index contributed by atoms with van der Waals surface area (Å²) in [6.07, 6.45) is 5.67. The molecule has 0 radical (unpaired) electrons. The molecule has 1 saturated carbocycles. The number of rotatable bonds is 6. The molecule has 0 aliphatic heterocycles. The number of nitrogens with zero attached hydrogens (tertiary/aromatic N) is 2. The molecule has 100 valence electrons. The molecule has 1 aliphatic carbocycles. The van der Waals surface area contributed by atoms with Gasteiger partial charge in [-0.1, -0.05) is 6.07 Å². The highest BCUT2D eigenvalue weighted by Crippen LogP contribution is 2.31. The van der Waals surface area contributed by atoms with Crippen molar-refractivity contribution in [2.45, 2.75) is 46.1 Å². The van der Waals surface area contributed by atoms with Gasteiger partial charge in [-0.3, -0.25) is 0 Å². The summed E-state index contributed by atoms with van der Waals surface area (Å²) in [4.78, 5) is 7.06. The van der Waals surface area contributed by atoms with E-state index in [1.54, 1.807) is 0 Å². The number of nitrogens with two attached hydrogens (primary N) is 1. The van der Waals surface area contributed by atoms with Crippen LogP contribution in [0.5, 0.6) is 0 Å². The van der Waals surface area contributed by atoms with Crippen LogP contribution in [-0.2, 0) is 6.42 Å². The summed E-state index contributed by atoms with van der Waals surface area (Å²) in [5.74, 6) is 2.05. The highest BCUT2D eigenvalue weighted by Gasteiger charge is 2.24. The Balaban J connectivity index is 2.11. The third-order valence-corrected chi connectivity index (χ3v) is 3.52. The third kappa shape index (κ3) is 3.45. The van der Waals surface area contributed by atoms with E-state index < -0.39 is 0 Å². The summed E-state index contributed by atoms with van der Waals surface area (Å²) < 4.78 is 0. The molecule has 0 aromatic carbocycles. The van der Waals surface area contributed by atoms with Crippen LogP contribution in [0.4, 0.5) is 5.82 Å². The topological polar surface area (TPSA) is 42.2 Å². The van der Waals surface area contributed by atoms with Gasteiger partial charge in [-0.25, -0.2) is 4.98 Å². The fourth-order valence-corrected chi connectivity index (χ4v) is 2.42.